The standard InChI is InChI=1S/C13H13Cl2F4N2O3S/c1-6(2)7-4-8(10(11(22)20-23)9(5-7)24-3)21(13(17,18)19)25-12(14,15)16/h4-6H,1-3H3,(H-,20,22,23)/q-1. The molecule has 0 saturated heterocycles. The van der Waals surface area contributed by atoms with Crippen molar-refractivity contribution in [3.63, 3.8) is 0 Å². The SMILES string of the molecule is COc1cc(C(C)C)cc(N(SC(F)(Cl)Cl)C(F)(F)F)c1C(=O)N[O-]. The number of halogens is 6. The Bertz CT molecular complexity index is 639. The molecule has 0 radical (unpaired) electrons. The van der Waals surface area contributed by atoms with E-state index >= 15 is 0 Å². The maximum Gasteiger partial charge on any atom is 0.495 e. The van der Waals surface area contributed by atoms with E-state index in [0.717, 1.165) is 18.7 Å². The Morgan fingerprint density at radius 1 is 1.32 bits per heavy atom. The monoisotopic (exact) mass is 423 g/mol. The van der Waals surface area contributed by atoms with E-state index in [-0.39, 0.29) is 11.7 Å². The third-order valence-corrected chi connectivity index (χ3v) is 4.16. The van der Waals surface area contributed by atoms with E-state index in [2.05, 4.69) is 0 Å². The van der Waals surface area contributed by atoms with Crippen LogP contribution in [0.1, 0.15) is 35.7 Å². The molecule has 1 N–H and O–H groups in total. The zero-order chi connectivity index (χ0) is 19.6. The van der Waals surface area contributed by atoms with Crippen molar-refractivity contribution in [3.05, 3.63) is 28.5 Å². The van der Waals surface area contributed by atoms with Crippen molar-refractivity contribution in [3.8, 4) is 5.75 Å². The Morgan fingerprint density at radius 3 is 2.24 bits per heavy atom. The molecule has 0 heterocycles. The van der Waals surface area contributed by atoms with Crippen LogP contribution in [0, 0.1) is 5.21 Å². The number of methoxy groups -OCH3 is 1. The summed E-state index contributed by atoms with van der Waals surface area (Å²) in [6.45, 7) is 3.36. The average molecular weight is 424 g/mol. The molecule has 0 bridgehead atoms. The topological polar surface area (TPSA) is 64.6 Å². The molecular weight excluding hydrogens is 411 g/mol. The summed E-state index contributed by atoms with van der Waals surface area (Å²) in [5, 5.41) is 10.7. The number of hydrogen-bond donors (Lipinski definition) is 1. The van der Waals surface area contributed by atoms with Crippen molar-refractivity contribution in [1.29, 1.82) is 0 Å². The highest BCUT2D eigenvalue weighted by atomic mass is 35.5. The summed E-state index contributed by atoms with van der Waals surface area (Å²) in [4.78, 5) is 11.8. The van der Waals surface area contributed by atoms with Crippen molar-refractivity contribution >= 4 is 46.7 Å². The van der Waals surface area contributed by atoms with E-state index in [0.29, 0.717) is 5.56 Å². The first kappa shape index (κ1) is 21.9. The van der Waals surface area contributed by atoms with E-state index in [1.165, 1.54) is 6.07 Å². The Labute approximate surface area is 155 Å². The van der Waals surface area contributed by atoms with Gasteiger partial charge < -0.3 is 15.4 Å². The molecule has 12 heteroatoms. The van der Waals surface area contributed by atoms with Crippen LogP contribution < -0.4 is 14.5 Å². The molecule has 0 saturated carbocycles. The van der Waals surface area contributed by atoms with Crippen molar-refractivity contribution in [2.45, 2.75) is 30.0 Å². The van der Waals surface area contributed by atoms with Crippen LogP contribution >= 0.6 is 35.1 Å². The van der Waals surface area contributed by atoms with Crippen molar-refractivity contribution in [2.75, 3.05) is 11.4 Å². The lowest BCUT2D eigenvalue weighted by atomic mass is 9.98. The number of alkyl halides is 6. The maximum absolute atomic E-state index is 13.5. The van der Waals surface area contributed by atoms with Gasteiger partial charge in [-0.05, 0) is 23.6 Å². The van der Waals surface area contributed by atoms with Gasteiger partial charge in [-0.25, -0.2) is 4.31 Å². The number of benzene rings is 1. The van der Waals surface area contributed by atoms with E-state index in [1.54, 1.807) is 13.8 Å². The molecule has 0 aliphatic carbocycles. The lowest BCUT2D eigenvalue weighted by molar-refractivity contribution is -0.114. The van der Waals surface area contributed by atoms with Gasteiger partial charge in [0.25, 0.3) is 0 Å². The van der Waals surface area contributed by atoms with Crippen LogP contribution in [0.3, 0.4) is 0 Å². The first-order valence-electron chi connectivity index (χ1n) is 6.59. The quantitative estimate of drug-likeness (QED) is 0.227. The second kappa shape index (κ2) is 8.07. The molecule has 1 aromatic carbocycles. The van der Waals surface area contributed by atoms with Crippen LogP contribution in [-0.4, -0.2) is 23.2 Å². The molecule has 0 atom stereocenters. The zero-order valence-corrected chi connectivity index (χ0v) is 15.4. The third kappa shape index (κ3) is 5.70. The molecular formula is C13H13Cl2F4N2O3S-. The van der Waals surface area contributed by atoms with Crippen LogP contribution in [0.5, 0.6) is 5.75 Å². The van der Waals surface area contributed by atoms with Gasteiger partial charge in [0, 0.05) is 11.9 Å². The fourth-order valence-corrected chi connectivity index (χ4v) is 2.86. The summed E-state index contributed by atoms with van der Waals surface area (Å²) in [5.41, 5.74) is -0.241. The molecule has 0 fully saturated rings. The number of hydrogen-bond acceptors (Lipinski definition) is 5. The Kier molecular flexibility index (Phi) is 7.08. The van der Waals surface area contributed by atoms with Crippen molar-refractivity contribution in [1.82, 2.24) is 5.48 Å². The van der Waals surface area contributed by atoms with Gasteiger partial charge in [0.15, 0.2) is 0 Å². The number of nitrogens with one attached hydrogen (secondary N) is 1. The third-order valence-electron chi connectivity index (χ3n) is 2.95. The number of amides is 1. The summed E-state index contributed by atoms with van der Waals surface area (Å²) in [7, 11) is 1.11. The summed E-state index contributed by atoms with van der Waals surface area (Å²) >= 11 is 9.48. The van der Waals surface area contributed by atoms with Crippen LogP contribution in [0.4, 0.5) is 23.2 Å². The van der Waals surface area contributed by atoms with Gasteiger partial charge in [-0.15, -0.1) is 13.2 Å². The van der Waals surface area contributed by atoms with Crippen LogP contribution in [-0.2, 0) is 0 Å². The maximum atomic E-state index is 13.5. The second-order valence-corrected chi connectivity index (χ2v) is 7.80. The van der Waals surface area contributed by atoms with E-state index in [9.17, 15) is 27.6 Å². The summed E-state index contributed by atoms with van der Waals surface area (Å²) in [6.07, 6.45) is -5.18. The number of rotatable bonds is 6. The lowest BCUT2D eigenvalue weighted by Gasteiger charge is -2.30. The van der Waals surface area contributed by atoms with Gasteiger partial charge in [0.1, 0.15) is 11.3 Å². The summed E-state index contributed by atoms with van der Waals surface area (Å²) < 4.78 is 54.8. The molecule has 0 aliphatic heterocycles. The van der Waals surface area contributed by atoms with Crippen molar-refractivity contribution < 1.29 is 27.1 Å². The molecule has 0 aromatic heterocycles. The minimum atomic E-state index is -5.18. The number of ether oxygens (including phenoxy) is 1. The highest BCUT2D eigenvalue weighted by Gasteiger charge is 2.46. The number of carbonyl (C=O) groups excluding carboxylic acids is 1. The van der Waals surface area contributed by atoms with Gasteiger partial charge in [-0.2, -0.15) is 4.39 Å². The summed E-state index contributed by atoms with van der Waals surface area (Å²) in [5.74, 6) is -1.96. The second-order valence-electron chi connectivity index (χ2n) is 5.00. The molecule has 0 unspecified atom stereocenters. The molecule has 0 spiro atoms. The highest BCUT2D eigenvalue weighted by molar-refractivity contribution is 8.04. The van der Waals surface area contributed by atoms with Crippen molar-refractivity contribution in [2.24, 2.45) is 0 Å². The number of nitrogens with zero attached hydrogens (tertiary/aromatic N) is 1. The minimum Gasteiger partial charge on any atom is -0.759 e. The fraction of sp³-hybridized carbons (Fsp3) is 0.462. The van der Waals surface area contributed by atoms with E-state index in [1.807, 2.05) is 0 Å². The minimum absolute atomic E-state index is 0.265. The molecule has 1 aromatic rings. The van der Waals surface area contributed by atoms with Gasteiger partial charge in [-0.1, -0.05) is 37.0 Å². The molecule has 1 rings (SSSR count). The number of carbonyl (C=O) groups is 1. The largest absolute Gasteiger partial charge is 0.759 e. The van der Waals surface area contributed by atoms with Crippen LogP contribution in [0.25, 0.3) is 0 Å². The van der Waals surface area contributed by atoms with E-state index < -0.39 is 43.6 Å². The zero-order valence-electron chi connectivity index (χ0n) is 13.1. The smallest absolute Gasteiger partial charge is 0.495 e. The first-order chi connectivity index (χ1) is 11.3. The van der Waals surface area contributed by atoms with Gasteiger partial charge in [0.05, 0.1) is 12.8 Å². The predicted octanol–water partition coefficient (Wildman–Crippen LogP) is 5.08. The first-order valence-corrected chi connectivity index (χ1v) is 8.12. The van der Waals surface area contributed by atoms with Gasteiger partial charge >= 0.3 is 10.2 Å². The van der Waals surface area contributed by atoms with Crippen LogP contribution in [0.15, 0.2) is 12.1 Å². The fourth-order valence-electron chi connectivity index (χ4n) is 1.90. The van der Waals surface area contributed by atoms with Gasteiger partial charge in [-0.3, -0.25) is 4.79 Å². The van der Waals surface area contributed by atoms with Gasteiger partial charge in [0.2, 0.25) is 5.91 Å². The molecule has 25 heavy (non-hydrogen) atoms. The number of hydroxylamine groups is 1. The van der Waals surface area contributed by atoms with Crippen LogP contribution in [0.2, 0.25) is 0 Å². The molecule has 1 amide bonds. The van der Waals surface area contributed by atoms with E-state index in [4.69, 9.17) is 27.9 Å². The number of anilines is 1. The summed E-state index contributed by atoms with van der Waals surface area (Å²) in [6, 6.07) is 2.29. The molecule has 0 aliphatic rings. The Morgan fingerprint density at radius 2 is 1.88 bits per heavy atom. The molecule has 142 valence electrons. The average Bonchev–Trinajstić information content (AvgIpc) is 2.48. The Hall–Kier alpha value is -1.10. The molecule has 5 nitrogen and oxygen atoms in total. The highest BCUT2D eigenvalue weighted by Crippen LogP contribution is 2.48. The predicted molar refractivity (Wildman–Crippen MR) is 89.6 cm³/mol. The lowest BCUT2D eigenvalue weighted by Crippen LogP contribution is -2.36. The Balaban J connectivity index is 3.76. The normalized spacial score (nSPS) is 12.3.